The third-order valence-electron chi connectivity index (χ3n) is 10.0. The monoisotopic (exact) mass is 764 g/mol. The molecule has 1 heterocycles. The maximum Gasteiger partial charge on any atom is 0.508 e. The largest absolute Gasteiger partial charge is 0.508 e. The van der Waals surface area contributed by atoms with Crippen molar-refractivity contribution in [1.29, 1.82) is 0 Å². The van der Waals surface area contributed by atoms with Gasteiger partial charge in [-0.15, -0.1) is 0 Å². The van der Waals surface area contributed by atoms with Gasteiger partial charge in [-0.3, -0.25) is 4.79 Å². The Labute approximate surface area is 330 Å². The third-order valence-corrected chi connectivity index (χ3v) is 10.0. The van der Waals surface area contributed by atoms with Gasteiger partial charge in [-0.2, -0.15) is 0 Å². The van der Waals surface area contributed by atoms with Gasteiger partial charge in [-0.1, -0.05) is 128 Å². The lowest BCUT2D eigenvalue weighted by Gasteiger charge is -2.19. The average molecular weight is 764 g/mol. The van der Waals surface area contributed by atoms with Crippen molar-refractivity contribution >= 4 is 18.3 Å². The Morgan fingerprint density at radius 1 is 0.519 bits per heavy atom. The maximum absolute atomic E-state index is 12.7. The molecule has 0 unspecified atom stereocenters. The Morgan fingerprint density at radius 3 is 1.44 bits per heavy atom. The Morgan fingerprint density at radius 2 is 0.963 bits per heavy atom. The minimum absolute atomic E-state index is 0.00471. The van der Waals surface area contributed by atoms with Crippen LogP contribution >= 0.6 is 0 Å². The van der Waals surface area contributed by atoms with E-state index in [1.807, 2.05) is 12.2 Å². The second-order valence-electron chi connectivity index (χ2n) is 15.0. The fourth-order valence-corrected chi connectivity index (χ4v) is 6.70. The van der Waals surface area contributed by atoms with Gasteiger partial charge < -0.3 is 28.6 Å². The standard InChI is InChI=1S/C45H81NO8/c1-3-5-7-9-13-19-27-38-50-44(48)52-40-29-21-15-11-17-23-32-42(54-43(47)34-31-37-46-35-25-26-36-46)33-24-18-12-16-22-30-41-53-45(49)51-39-28-20-14-10-8-6-4-2/h19-20,27-28,42H,3-18,21-26,29-41H2,1-2H3/b27-19-,28-20-. The van der Waals surface area contributed by atoms with Crippen molar-refractivity contribution in [3.8, 4) is 0 Å². The van der Waals surface area contributed by atoms with Crippen molar-refractivity contribution in [1.82, 2.24) is 4.90 Å². The second-order valence-corrected chi connectivity index (χ2v) is 15.0. The van der Waals surface area contributed by atoms with Crippen molar-refractivity contribution in [2.75, 3.05) is 46.1 Å². The highest BCUT2D eigenvalue weighted by Gasteiger charge is 2.16. The molecule has 314 valence electrons. The number of carbonyl (C=O) groups is 3. The van der Waals surface area contributed by atoms with Gasteiger partial charge >= 0.3 is 18.3 Å². The van der Waals surface area contributed by atoms with E-state index < -0.39 is 12.3 Å². The van der Waals surface area contributed by atoms with E-state index in [-0.39, 0.29) is 25.3 Å². The van der Waals surface area contributed by atoms with Crippen LogP contribution in [0.25, 0.3) is 0 Å². The molecule has 0 N–H and O–H groups in total. The predicted octanol–water partition coefficient (Wildman–Crippen LogP) is 12.6. The van der Waals surface area contributed by atoms with Crippen LogP contribution in [0.15, 0.2) is 24.3 Å². The van der Waals surface area contributed by atoms with Gasteiger partial charge in [0.2, 0.25) is 0 Å². The molecule has 1 fully saturated rings. The third kappa shape index (κ3) is 34.0. The second kappa shape index (κ2) is 38.7. The van der Waals surface area contributed by atoms with E-state index in [1.165, 1.54) is 64.2 Å². The molecular formula is C45H81NO8. The van der Waals surface area contributed by atoms with Crippen LogP contribution in [0.5, 0.6) is 0 Å². The number of nitrogens with zero attached hydrogens (tertiary/aromatic N) is 1. The zero-order valence-electron chi connectivity index (χ0n) is 34.8. The Bertz CT molecular complexity index is 877. The summed E-state index contributed by atoms with van der Waals surface area (Å²) in [5, 5.41) is 0. The van der Waals surface area contributed by atoms with Gasteiger partial charge in [0.15, 0.2) is 0 Å². The van der Waals surface area contributed by atoms with Crippen LogP contribution in [-0.4, -0.2) is 75.3 Å². The van der Waals surface area contributed by atoms with Crippen molar-refractivity contribution in [3.05, 3.63) is 24.3 Å². The van der Waals surface area contributed by atoms with Crippen LogP contribution in [0, 0.1) is 0 Å². The number of rotatable bonds is 37. The summed E-state index contributed by atoms with van der Waals surface area (Å²) in [5.74, 6) is -0.0480. The first-order chi connectivity index (χ1) is 26.5. The van der Waals surface area contributed by atoms with Crippen LogP contribution in [0.1, 0.15) is 194 Å². The quantitative estimate of drug-likeness (QED) is 0.0265. The summed E-state index contributed by atoms with van der Waals surface area (Å²) in [7, 11) is 0. The number of allylic oxidation sites excluding steroid dienone is 2. The molecule has 0 aromatic carbocycles. The van der Waals surface area contributed by atoms with Crippen molar-refractivity contribution < 1.29 is 38.1 Å². The number of esters is 1. The number of likely N-dealkylation sites (tertiary alicyclic amines) is 1. The van der Waals surface area contributed by atoms with E-state index in [9.17, 15) is 14.4 Å². The predicted molar refractivity (Wildman–Crippen MR) is 220 cm³/mol. The van der Waals surface area contributed by atoms with Gasteiger partial charge in [0.1, 0.15) is 19.3 Å². The molecule has 1 saturated heterocycles. The highest BCUT2D eigenvalue weighted by Crippen LogP contribution is 2.18. The van der Waals surface area contributed by atoms with Crippen LogP contribution < -0.4 is 0 Å². The van der Waals surface area contributed by atoms with Crippen molar-refractivity contribution in [2.24, 2.45) is 0 Å². The number of hydrogen-bond acceptors (Lipinski definition) is 9. The lowest BCUT2D eigenvalue weighted by molar-refractivity contribution is -0.150. The molecule has 0 amide bonds. The first-order valence-electron chi connectivity index (χ1n) is 22.4. The van der Waals surface area contributed by atoms with Gasteiger partial charge in [0, 0.05) is 6.42 Å². The van der Waals surface area contributed by atoms with E-state index in [2.05, 4.69) is 30.9 Å². The highest BCUT2D eigenvalue weighted by atomic mass is 16.7. The molecule has 9 heteroatoms. The van der Waals surface area contributed by atoms with Gasteiger partial charge in [0.05, 0.1) is 13.2 Å². The molecule has 0 atom stereocenters. The summed E-state index contributed by atoms with van der Waals surface area (Å²) in [5.41, 5.74) is 0. The van der Waals surface area contributed by atoms with E-state index in [0.29, 0.717) is 19.6 Å². The fourth-order valence-electron chi connectivity index (χ4n) is 6.70. The number of carbonyl (C=O) groups excluding carboxylic acids is 3. The first-order valence-corrected chi connectivity index (χ1v) is 22.4. The summed E-state index contributed by atoms with van der Waals surface area (Å²) >= 11 is 0. The molecule has 9 nitrogen and oxygen atoms in total. The minimum Gasteiger partial charge on any atom is -0.462 e. The molecule has 1 aliphatic heterocycles. The zero-order valence-corrected chi connectivity index (χ0v) is 34.8. The smallest absolute Gasteiger partial charge is 0.462 e. The molecule has 0 bridgehead atoms. The van der Waals surface area contributed by atoms with Crippen molar-refractivity contribution in [2.45, 2.75) is 200 Å². The fraction of sp³-hybridized carbons (Fsp3) is 0.844. The van der Waals surface area contributed by atoms with E-state index in [0.717, 1.165) is 129 Å². The van der Waals surface area contributed by atoms with Crippen LogP contribution in [-0.2, 0) is 28.5 Å². The molecule has 0 radical (unpaired) electrons. The number of unbranched alkanes of at least 4 members (excludes halogenated alkanes) is 18. The summed E-state index contributed by atoms with van der Waals surface area (Å²) in [6, 6.07) is 0. The molecular weight excluding hydrogens is 682 g/mol. The normalized spacial score (nSPS) is 13.3. The molecule has 1 rings (SSSR count). The van der Waals surface area contributed by atoms with Gasteiger partial charge in [-0.25, -0.2) is 9.59 Å². The SMILES string of the molecule is CCCCCC/C=C\COC(=O)OCCCCCCCCC(CCCCCCCCOC(=O)OC/C=C\CCCCCC)OC(=O)CCCN1CCCC1. The minimum atomic E-state index is -0.585. The van der Waals surface area contributed by atoms with Gasteiger partial charge in [0.25, 0.3) is 0 Å². The topological polar surface area (TPSA) is 101 Å². The first kappa shape index (κ1) is 49.5. The van der Waals surface area contributed by atoms with Crippen LogP contribution in [0.3, 0.4) is 0 Å². The van der Waals surface area contributed by atoms with Crippen LogP contribution in [0.4, 0.5) is 9.59 Å². The summed E-state index contributed by atoms with van der Waals surface area (Å²) in [6.45, 7) is 9.06. The van der Waals surface area contributed by atoms with E-state index >= 15 is 0 Å². The summed E-state index contributed by atoms with van der Waals surface area (Å²) in [4.78, 5) is 38.7. The summed E-state index contributed by atoms with van der Waals surface area (Å²) < 4.78 is 26.6. The lowest BCUT2D eigenvalue weighted by atomic mass is 10.0. The lowest BCUT2D eigenvalue weighted by Crippen LogP contribution is -2.23. The van der Waals surface area contributed by atoms with Crippen molar-refractivity contribution in [3.63, 3.8) is 0 Å². The molecule has 0 aromatic rings. The highest BCUT2D eigenvalue weighted by molar-refractivity contribution is 5.69. The molecule has 54 heavy (non-hydrogen) atoms. The number of ether oxygens (including phenoxy) is 5. The maximum atomic E-state index is 12.7. The number of hydrogen-bond donors (Lipinski definition) is 0. The molecule has 0 saturated carbocycles. The van der Waals surface area contributed by atoms with E-state index in [4.69, 9.17) is 23.7 Å². The Kier molecular flexibility index (Phi) is 35.5. The Balaban J connectivity index is 2.14. The molecule has 1 aliphatic rings. The Hall–Kier alpha value is -2.55. The molecule has 0 spiro atoms. The average Bonchev–Trinajstić information content (AvgIpc) is 3.69. The molecule has 0 aromatic heterocycles. The summed E-state index contributed by atoms with van der Waals surface area (Å²) in [6.07, 6.45) is 37.0. The van der Waals surface area contributed by atoms with Crippen LogP contribution in [0.2, 0.25) is 0 Å². The van der Waals surface area contributed by atoms with Gasteiger partial charge in [-0.05, 0) is 103 Å². The molecule has 0 aliphatic carbocycles. The van der Waals surface area contributed by atoms with E-state index in [1.54, 1.807) is 0 Å². The zero-order chi connectivity index (χ0) is 39.0.